The van der Waals surface area contributed by atoms with Gasteiger partial charge < -0.3 is 4.90 Å². The second kappa shape index (κ2) is 4.88. The summed E-state index contributed by atoms with van der Waals surface area (Å²) in [5.74, 6) is 0. The summed E-state index contributed by atoms with van der Waals surface area (Å²) in [6.45, 7) is 0.393. The Balaban J connectivity index is 2.99. The molecule has 14 heavy (non-hydrogen) atoms. The lowest BCUT2D eigenvalue weighted by Crippen LogP contribution is -2.09. The van der Waals surface area contributed by atoms with Crippen molar-refractivity contribution in [1.29, 1.82) is 0 Å². The smallest absolute Gasteiger partial charge is 0.0511 e. The third-order valence-electron chi connectivity index (χ3n) is 1.81. The summed E-state index contributed by atoms with van der Waals surface area (Å²) in [7, 11) is 3.94. The SMILES string of the molecule is CN(C)c1cc(CN=[N+]=[N-])ccc1Br. The van der Waals surface area contributed by atoms with Crippen LogP contribution in [0.3, 0.4) is 0 Å². The molecule has 0 aromatic heterocycles. The molecule has 0 saturated heterocycles. The van der Waals surface area contributed by atoms with E-state index in [9.17, 15) is 0 Å². The first-order valence-corrected chi connectivity index (χ1v) is 4.91. The molecule has 1 aromatic carbocycles. The zero-order chi connectivity index (χ0) is 10.6. The highest BCUT2D eigenvalue weighted by Gasteiger charge is 2.02. The summed E-state index contributed by atoms with van der Waals surface area (Å²) in [5, 5.41) is 3.52. The van der Waals surface area contributed by atoms with E-state index in [1.807, 2.05) is 37.2 Å². The number of anilines is 1. The molecule has 0 atom stereocenters. The van der Waals surface area contributed by atoms with E-state index in [0.29, 0.717) is 6.54 Å². The number of azide groups is 1. The highest BCUT2D eigenvalue weighted by atomic mass is 79.9. The Hall–Kier alpha value is -1.19. The standard InChI is InChI=1S/C9H11BrN4/c1-14(2)9-5-7(6-12-13-11)3-4-8(9)10/h3-5H,6H2,1-2H3. The van der Waals surface area contributed by atoms with Crippen LogP contribution >= 0.6 is 15.9 Å². The molecule has 0 spiro atoms. The van der Waals surface area contributed by atoms with Crippen LogP contribution < -0.4 is 4.90 Å². The number of hydrogen-bond acceptors (Lipinski definition) is 2. The van der Waals surface area contributed by atoms with E-state index in [4.69, 9.17) is 5.53 Å². The van der Waals surface area contributed by atoms with Gasteiger partial charge in [0.2, 0.25) is 0 Å². The van der Waals surface area contributed by atoms with Crippen molar-refractivity contribution in [3.8, 4) is 0 Å². The van der Waals surface area contributed by atoms with Gasteiger partial charge in [-0.25, -0.2) is 0 Å². The Labute approximate surface area is 91.3 Å². The fourth-order valence-corrected chi connectivity index (χ4v) is 1.71. The molecule has 0 N–H and O–H groups in total. The Bertz CT molecular complexity index is 369. The van der Waals surface area contributed by atoms with Gasteiger partial charge in [-0.2, -0.15) is 0 Å². The van der Waals surface area contributed by atoms with Crippen LogP contribution in [-0.2, 0) is 6.54 Å². The van der Waals surface area contributed by atoms with E-state index < -0.39 is 0 Å². The van der Waals surface area contributed by atoms with Crippen molar-refractivity contribution in [3.63, 3.8) is 0 Å². The maximum Gasteiger partial charge on any atom is 0.0511 e. The maximum absolute atomic E-state index is 8.20. The molecule has 0 saturated carbocycles. The van der Waals surface area contributed by atoms with Crippen LogP contribution in [0.1, 0.15) is 5.56 Å². The first-order valence-electron chi connectivity index (χ1n) is 4.11. The predicted molar refractivity (Wildman–Crippen MR) is 61.3 cm³/mol. The van der Waals surface area contributed by atoms with Crippen LogP contribution in [0.25, 0.3) is 10.4 Å². The van der Waals surface area contributed by atoms with Crippen LogP contribution in [0.4, 0.5) is 5.69 Å². The third kappa shape index (κ3) is 2.65. The van der Waals surface area contributed by atoms with Crippen molar-refractivity contribution >= 4 is 21.6 Å². The lowest BCUT2D eigenvalue weighted by molar-refractivity contribution is 1.03. The lowest BCUT2D eigenvalue weighted by atomic mass is 10.2. The second-order valence-electron chi connectivity index (χ2n) is 3.07. The summed E-state index contributed by atoms with van der Waals surface area (Å²) in [6.07, 6.45) is 0. The van der Waals surface area contributed by atoms with Gasteiger partial charge in [-0.05, 0) is 39.2 Å². The summed E-state index contributed by atoms with van der Waals surface area (Å²) < 4.78 is 1.03. The molecule has 5 heteroatoms. The first kappa shape index (κ1) is 10.9. The highest BCUT2D eigenvalue weighted by Crippen LogP contribution is 2.25. The van der Waals surface area contributed by atoms with E-state index in [-0.39, 0.29) is 0 Å². The Morgan fingerprint density at radius 2 is 2.21 bits per heavy atom. The molecule has 0 fully saturated rings. The van der Waals surface area contributed by atoms with Gasteiger partial charge in [-0.15, -0.1) is 0 Å². The number of rotatable bonds is 3. The van der Waals surface area contributed by atoms with E-state index in [2.05, 4.69) is 26.0 Å². The van der Waals surface area contributed by atoms with Crippen LogP contribution in [0.15, 0.2) is 27.8 Å². The fraction of sp³-hybridized carbons (Fsp3) is 0.333. The van der Waals surface area contributed by atoms with Gasteiger partial charge in [0.15, 0.2) is 0 Å². The Kier molecular flexibility index (Phi) is 3.80. The van der Waals surface area contributed by atoms with Gasteiger partial charge in [0.25, 0.3) is 0 Å². The molecule has 0 amide bonds. The summed E-state index contributed by atoms with van der Waals surface area (Å²) in [4.78, 5) is 4.73. The molecule has 74 valence electrons. The molecule has 0 radical (unpaired) electrons. The number of hydrogen-bond donors (Lipinski definition) is 0. The van der Waals surface area contributed by atoms with Crippen molar-refractivity contribution in [1.82, 2.24) is 0 Å². The minimum Gasteiger partial charge on any atom is -0.377 e. The minimum absolute atomic E-state index is 0.393. The highest BCUT2D eigenvalue weighted by molar-refractivity contribution is 9.10. The topological polar surface area (TPSA) is 52.0 Å². The largest absolute Gasteiger partial charge is 0.377 e. The van der Waals surface area contributed by atoms with Gasteiger partial charge in [-0.3, -0.25) is 0 Å². The molecular weight excluding hydrogens is 244 g/mol. The van der Waals surface area contributed by atoms with Crippen LogP contribution in [0.2, 0.25) is 0 Å². The fourth-order valence-electron chi connectivity index (χ4n) is 1.11. The van der Waals surface area contributed by atoms with E-state index in [1.165, 1.54) is 0 Å². The van der Waals surface area contributed by atoms with Gasteiger partial charge in [0.05, 0.1) is 12.2 Å². The average Bonchev–Trinajstić information content (AvgIpc) is 2.16. The molecule has 0 heterocycles. The number of benzene rings is 1. The Morgan fingerprint density at radius 3 is 2.79 bits per heavy atom. The van der Waals surface area contributed by atoms with Crippen molar-refractivity contribution in [2.75, 3.05) is 19.0 Å². The molecular formula is C9H11BrN4. The lowest BCUT2D eigenvalue weighted by Gasteiger charge is -2.15. The van der Waals surface area contributed by atoms with Crippen molar-refractivity contribution in [2.24, 2.45) is 5.11 Å². The van der Waals surface area contributed by atoms with Crippen molar-refractivity contribution < 1.29 is 0 Å². The number of nitrogens with zero attached hydrogens (tertiary/aromatic N) is 4. The van der Waals surface area contributed by atoms with E-state index >= 15 is 0 Å². The zero-order valence-electron chi connectivity index (χ0n) is 8.11. The van der Waals surface area contributed by atoms with Crippen LogP contribution in [0.5, 0.6) is 0 Å². The average molecular weight is 255 g/mol. The summed E-state index contributed by atoms with van der Waals surface area (Å²) in [6, 6.07) is 5.89. The van der Waals surface area contributed by atoms with Crippen LogP contribution in [0, 0.1) is 0 Å². The Morgan fingerprint density at radius 1 is 1.50 bits per heavy atom. The molecule has 0 bridgehead atoms. The molecule has 1 aromatic rings. The summed E-state index contributed by atoms with van der Waals surface area (Å²) >= 11 is 3.45. The molecule has 1 rings (SSSR count). The van der Waals surface area contributed by atoms with Gasteiger partial charge in [-0.1, -0.05) is 11.2 Å². The number of halogens is 1. The van der Waals surface area contributed by atoms with Crippen molar-refractivity contribution in [2.45, 2.75) is 6.54 Å². The van der Waals surface area contributed by atoms with Gasteiger partial charge >= 0.3 is 0 Å². The van der Waals surface area contributed by atoms with E-state index in [1.54, 1.807) is 0 Å². The minimum atomic E-state index is 0.393. The summed E-state index contributed by atoms with van der Waals surface area (Å²) in [5.41, 5.74) is 10.3. The molecule has 0 aliphatic carbocycles. The van der Waals surface area contributed by atoms with Crippen molar-refractivity contribution in [3.05, 3.63) is 38.7 Å². The first-order chi connectivity index (χ1) is 6.65. The maximum atomic E-state index is 8.20. The predicted octanol–water partition coefficient (Wildman–Crippen LogP) is 3.33. The molecule has 4 nitrogen and oxygen atoms in total. The zero-order valence-corrected chi connectivity index (χ0v) is 9.69. The third-order valence-corrected chi connectivity index (χ3v) is 2.48. The monoisotopic (exact) mass is 254 g/mol. The molecule has 0 aliphatic heterocycles. The molecule has 0 unspecified atom stereocenters. The van der Waals surface area contributed by atoms with E-state index in [0.717, 1.165) is 15.7 Å². The van der Waals surface area contributed by atoms with Gasteiger partial charge in [0.1, 0.15) is 0 Å². The quantitative estimate of drug-likeness (QED) is 0.464. The molecule has 0 aliphatic rings. The van der Waals surface area contributed by atoms with Gasteiger partial charge in [0, 0.05) is 23.5 Å². The normalized spacial score (nSPS) is 9.36. The van der Waals surface area contributed by atoms with Crippen LogP contribution in [-0.4, -0.2) is 14.1 Å². The second-order valence-corrected chi connectivity index (χ2v) is 3.92.